The highest BCUT2D eigenvalue weighted by Gasteiger charge is 2.15. The molecule has 25 heavy (non-hydrogen) atoms. The number of nitrogens with zero attached hydrogens (tertiary/aromatic N) is 3. The Morgan fingerprint density at radius 1 is 1.20 bits per heavy atom. The van der Waals surface area contributed by atoms with Crippen molar-refractivity contribution < 1.29 is 18.3 Å². The smallest absolute Gasteiger partial charge is 0.251 e. The molecule has 0 radical (unpaired) electrons. The number of benzene rings is 1. The number of hydrogen-bond acceptors (Lipinski definition) is 5. The van der Waals surface area contributed by atoms with E-state index in [1.54, 1.807) is 6.07 Å². The van der Waals surface area contributed by atoms with Gasteiger partial charge in [-0.1, -0.05) is 0 Å². The lowest BCUT2D eigenvalue weighted by Gasteiger charge is -2.27. The number of amides is 1. The highest BCUT2D eigenvalue weighted by Crippen LogP contribution is 2.13. The Morgan fingerprint density at radius 3 is 2.68 bits per heavy atom. The maximum absolute atomic E-state index is 13.2. The highest BCUT2D eigenvalue weighted by atomic mass is 19.2. The van der Waals surface area contributed by atoms with Gasteiger partial charge in [0.1, 0.15) is 0 Å². The molecule has 1 fully saturated rings. The van der Waals surface area contributed by atoms with Crippen molar-refractivity contribution in [3.63, 3.8) is 0 Å². The minimum Gasteiger partial charge on any atom is -0.378 e. The molecule has 2 heterocycles. The molecule has 0 bridgehead atoms. The first-order valence-corrected chi connectivity index (χ1v) is 7.93. The van der Waals surface area contributed by atoms with Gasteiger partial charge in [0.05, 0.1) is 25.5 Å². The Balaban J connectivity index is 1.68. The van der Waals surface area contributed by atoms with Gasteiger partial charge in [-0.2, -0.15) is 0 Å². The van der Waals surface area contributed by atoms with E-state index in [1.165, 1.54) is 6.07 Å². The number of carbonyl (C=O) groups is 1. The van der Waals surface area contributed by atoms with Crippen LogP contribution in [0.2, 0.25) is 0 Å². The van der Waals surface area contributed by atoms with E-state index in [9.17, 15) is 13.6 Å². The van der Waals surface area contributed by atoms with E-state index < -0.39 is 17.5 Å². The standard InChI is InChI=1S/C17H18F2N4O2/c1-11-8-13(22-17(21-11)23-4-6-25-7-5-23)10-20-16(24)12-2-3-14(18)15(19)9-12/h2-3,8-9H,4-7,10H2,1H3,(H,20,24). The molecule has 6 nitrogen and oxygen atoms in total. The number of morpholine rings is 1. The van der Waals surface area contributed by atoms with E-state index in [2.05, 4.69) is 15.3 Å². The van der Waals surface area contributed by atoms with Gasteiger partial charge in [-0.3, -0.25) is 4.79 Å². The molecule has 0 spiro atoms. The molecular formula is C17H18F2N4O2. The predicted molar refractivity (Wildman–Crippen MR) is 87.3 cm³/mol. The topological polar surface area (TPSA) is 67.4 Å². The third-order valence-corrected chi connectivity index (χ3v) is 3.80. The van der Waals surface area contributed by atoms with E-state index in [1.807, 2.05) is 11.8 Å². The Kier molecular flexibility index (Phi) is 5.18. The average Bonchev–Trinajstić information content (AvgIpc) is 2.62. The largest absolute Gasteiger partial charge is 0.378 e. The number of nitrogens with one attached hydrogen (secondary N) is 1. The van der Waals surface area contributed by atoms with Gasteiger partial charge in [0, 0.05) is 24.3 Å². The predicted octanol–water partition coefficient (Wildman–Crippen LogP) is 1.83. The highest BCUT2D eigenvalue weighted by molar-refractivity contribution is 5.94. The first-order chi connectivity index (χ1) is 12.0. The molecule has 1 saturated heterocycles. The zero-order valence-corrected chi connectivity index (χ0v) is 13.8. The van der Waals surface area contributed by atoms with E-state index in [0.29, 0.717) is 37.9 Å². The fourth-order valence-electron chi connectivity index (χ4n) is 2.52. The SMILES string of the molecule is Cc1cc(CNC(=O)c2ccc(F)c(F)c2)nc(N2CCOCC2)n1. The van der Waals surface area contributed by atoms with Gasteiger partial charge in [0.2, 0.25) is 5.95 Å². The van der Waals surface area contributed by atoms with Crippen LogP contribution < -0.4 is 10.2 Å². The van der Waals surface area contributed by atoms with Gasteiger partial charge in [-0.05, 0) is 31.2 Å². The fourth-order valence-corrected chi connectivity index (χ4v) is 2.52. The monoisotopic (exact) mass is 348 g/mol. The van der Waals surface area contributed by atoms with Crippen LogP contribution >= 0.6 is 0 Å². The van der Waals surface area contributed by atoms with Crippen LogP contribution in [0, 0.1) is 18.6 Å². The molecule has 8 heteroatoms. The molecule has 0 aliphatic carbocycles. The molecule has 1 aromatic carbocycles. The van der Waals surface area contributed by atoms with E-state index in [0.717, 1.165) is 17.8 Å². The van der Waals surface area contributed by atoms with Crippen LogP contribution in [-0.2, 0) is 11.3 Å². The Bertz CT molecular complexity index is 779. The fraction of sp³-hybridized carbons (Fsp3) is 0.353. The van der Waals surface area contributed by atoms with Crippen molar-refractivity contribution >= 4 is 11.9 Å². The molecule has 0 unspecified atom stereocenters. The summed E-state index contributed by atoms with van der Waals surface area (Å²) in [5.74, 6) is -1.94. The van der Waals surface area contributed by atoms with Crippen LogP contribution in [0.4, 0.5) is 14.7 Å². The number of anilines is 1. The van der Waals surface area contributed by atoms with E-state index in [-0.39, 0.29) is 12.1 Å². The number of aromatic nitrogens is 2. The molecule has 1 aliphatic heterocycles. The molecule has 0 saturated carbocycles. The lowest BCUT2D eigenvalue weighted by atomic mass is 10.2. The first kappa shape index (κ1) is 17.2. The van der Waals surface area contributed by atoms with Crippen LogP contribution in [0.5, 0.6) is 0 Å². The number of hydrogen-bond donors (Lipinski definition) is 1. The minimum absolute atomic E-state index is 0.0538. The van der Waals surface area contributed by atoms with Crippen molar-refractivity contribution in [2.45, 2.75) is 13.5 Å². The number of ether oxygens (including phenoxy) is 1. The van der Waals surface area contributed by atoms with Crippen molar-refractivity contribution in [1.82, 2.24) is 15.3 Å². The summed E-state index contributed by atoms with van der Waals surface area (Å²) < 4.78 is 31.5. The Morgan fingerprint density at radius 2 is 1.96 bits per heavy atom. The molecule has 1 N–H and O–H groups in total. The summed E-state index contributed by atoms with van der Waals surface area (Å²) in [7, 11) is 0. The van der Waals surface area contributed by atoms with Crippen molar-refractivity contribution in [1.29, 1.82) is 0 Å². The van der Waals surface area contributed by atoms with Crippen molar-refractivity contribution in [3.05, 3.63) is 52.9 Å². The maximum atomic E-state index is 13.2. The van der Waals surface area contributed by atoms with Crippen LogP contribution in [0.15, 0.2) is 24.3 Å². The number of aryl methyl sites for hydroxylation is 1. The van der Waals surface area contributed by atoms with E-state index in [4.69, 9.17) is 4.74 Å². The van der Waals surface area contributed by atoms with E-state index >= 15 is 0 Å². The summed E-state index contributed by atoms with van der Waals surface area (Å²) in [5, 5.41) is 2.66. The summed E-state index contributed by atoms with van der Waals surface area (Å²) in [6, 6.07) is 4.80. The third-order valence-electron chi connectivity index (χ3n) is 3.80. The van der Waals surface area contributed by atoms with Crippen molar-refractivity contribution in [2.75, 3.05) is 31.2 Å². The summed E-state index contributed by atoms with van der Waals surface area (Å²) in [6.45, 7) is 4.69. The molecule has 2 aromatic rings. The van der Waals surface area contributed by atoms with Gasteiger partial charge in [-0.25, -0.2) is 18.7 Å². The van der Waals surface area contributed by atoms with Crippen molar-refractivity contribution in [3.8, 4) is 0 Å². The first-order valence-electron chi connectivity index (χ1n) is 7.93. The van der Waals surface area contributed by atoms with Crippen LogP contribution in [0.1, 0.15) is 21.7 Å². The molecule has 0 atom stereocenters. The quantitative estimate of drug-likeness (QED) is 0.913. The third kappa shape index (κ3) is 4.27. The lowest BCUT2D eigenvalue weighted by molar-refractivity contribution is 0.0950. The second-order valence-electron chi connectivity index (χ2n) is 5.71. The van der Waals surface area contributed by atoms with Gasteiger partial charge < -0.3 is 15.0 Å². The molecule has 3 rings (SSSR count). The summed E-state index contributed by atoms with van der Waals surface area (Å²) in [6.07, 6.45) is 0. The average molecular weight is 348 g/mol. The number of carbonyl (C=O) groups excluding carboxylic acids is 1. The van der Waals surface area contributed by atoms with Gasteiger partial charge in [0.25, 0.3) is 5.91 Å². The molecular weight excluding hydrogens is 330 g/mol. The van der Waals surface area contributed by atoms with Crippen molar-refractivity contribution in [2.24, 2.45) is 0 Å². The minimum atomic E-state index is -1.06. The van der Waals surface area contributed by atoms with Gasteiger partial charge in [-0.15, -0.1) is 0 Å². The summed E-state index contributed by atoms with van der Waals surface area (Å²) in [5.41, 5.74) is 1.48. The van der Waals surface area contributed by atoms with Gasteiger partial charge >= 0.3 is 0 Å². The summed E-state index contributed by atoms with van der Waals surface area (Å²) >= 11 is 0. The Hall–Kier alpha value is -2.61. The molecule has 1 aliphatic rings. The second kappa shape index (κ2) is 7.52. The van der Waals surface area contributed by atoms with Gasteiger partial charge in [0.15, 0.2) is 11.6 Å². The zero-order valence-electron chi connectivity index (χ0n) is 13.8. The van der Waals surface area contributed by atoms with Crippen LogP contribution in [-0.4, -0.2) is 42.2 Å². The maximum Gasteiger partial charge on any atom is 0.251 e. The Labute approximate surface area is 143 Å². The zero-order chi connectivity index (χ0) is 17.8. The normalized spacial score (nSPS) is 14.4. The molecule has 132 valence electrons. The van der Waals surface area contributed by atoms with Crippen LogP contribution in [0.25, 0.3) is 0 Å². The molecule has 1 amide bonds. The second-order valence-corrected chi connectivity index (χ2v) is 5.71. The van der Waals surface area contributed by atoms with Crippen LogP contribution in [0.3, 0.4) is 0 Å². The number of halogens is 2. The number of rotatable bonds is 4. The molecule has 1 aromatic heterocycles. The summed E-state index contributed by atoms with van der Waals surface area (Å²) in [4.78, 5) is 23.0. The lowest BCUT2D eigenvalue weighted by Crippen LogP contribution is -2.37.